The van der Waals surface area contributed by atoms with E-state index in [2.05, 4.69) is 33.4 Å². The number of benzene rings is 2. The van der Waals surface area contributed by atoms with Crippen LogP contribution in [0.2, 0.25) is 0 Å². The minimum atomic E-state index is 0.00175. The Morgan fingerprint density at radius 3 is 2.59 bits per heavy atom. The van der Waals surface area contributed by atoms with E-state index in [0.29, 0.717) is 23.1 Å². The molecule has 4 heterocycles. The van der Waals surface area contributed by atoms with Gasteiger partial charge in [-0.25, -0.2) is 9.97 Å². The van der Waals surface area contributed by atoms with Gasteiger partial charge in [-0.2, -0.15) is 0 Å². The molecule has 9 heteroatoms. The number of nitrogens with zero attached hydrogens (tertiary/aromatic N) is 5. The number of aryl methyl sites for hydroxylation is 2. The minimum absolute atomic E-state index is 0.00175. The molecule has 2 bridgehead atoms. The van der Waals surface area contributed by atoms with Crippen molar-refractivity contribution >= 4 is 28.0 Å². The summed E-state index contributed by atoms with van der Waals surface area (Å²) in [5.74, 6) is 2.46. The number of aliphatic hydroxyl groups is 1. The fourth-order valence-corrected chi connectivity index (χ4v) is 7.52. The number of rotatable bonds is 7. The number of likely N-dealkylation sites (tertiary alicyclic amines) is 1. The Hall–Kier alpha value is -4.21. The van der Waals surface area contributed by atoms with Crippen LogP contribution in [0.15, 0.2) is 48.5 Å². The average molecular weight is 591 g/mol. The third-order valence-electron chi connectivity index (χ3n) is 10.2. The molecule has 1 amide bonds. The SMILES string of the molecule is COc1cc(C(=O)N2CC3CCC2[C@@H]3N)cc2nc(-c3cc4ccc(-c5ccc(CO)c(C)c5)nc4n3CC3CC3)n(C)c12. The second kappa shape index (κ2) is 10.2. The molecule has 2 aromatic carbocycles. The molecule has 2 aliphatic carbocycles. The van der Waals surface area contributed by atoms with Gasteiger partial charge in [-0.05, 0) is 92.0 Å². The lowest BCUT2D eigenvalue weighted by Gasteiger charge is -2.27. The number of hydrogen-bond donors (Lipinski definition) is 2. The van der Waals surface area contributed by atoms with Crippen molar-refractivity contribution in [2.45, 2.75) is 57.8 Å². The lowest BCUT2D eigenvalue weighted by atomic mass is 10.0. The Morgan fingerprint density at radius 1 is 1.07 bits per heavy atom. The first-order valence-corrected chi connectivity index (χ1v) is 15.7. The molecular formula is C35H38N6O3. The Kier molecular flexibility index (Phi) is 6.32. The molecule has 3 N–H and O–H groups in total. The van der Waals surface area contributed by atoms with Crippen molar-refractivity contribution in [2.24, 2.45) is 24.6 Å². The minimum Gasteiger partial charge on any atom is -0.494 e. The Morgan fingerprint density at radius 2 is 1.91 bits per heavy atom. The molecule has 0 spiro atoms. The number of pyridine rings is 1. The number of carbonyl (C=O) groups excluding carboxylic acids is 1. The van der Waals surface area contributed by atoms with Crippen molar-refractivity contribution in [3.8, 4) is 28.5 Å². The normalized spacial score (nSPS) is 21.2. The lowest BCUT2D eigenvalue weighted by Crippen LogP contribution is -2.41. The first-order chi connectivity index (χ1) is 21.3. The van der Waals surface area contributed by atoms with E-state index in [4.69, 9.17) is 20.4 Å². The molecule has 8 rings (SSSR count). The van der Waals surface area contributed by atoms with Crippen LogP contribution in [0.1, 0.15) is 47.2 Å². The smallest absolute Gasteiger partial charge is 0.254 e. The van der Waals surface area contributed by atoms with Gasteiger partial charge in [0.05, 0.1) is 30.6 Å². The summed E-state index contributed by atoms with van der Waals surface area (Å²) in [4.78, 5) is 26.0. The molecule has 3 fully saturated rings. The first-order valence-electron chi connectivity index (χ1n) is 15.7. The van der Waals surface area contributed by atoms with E-state index in [1.54, 1.807) is 7.11 Å². The predicted octanol–water partition coefficient (Wildman–Crippen LogP) is 5.04. The van der Waals surface area contributed by atoms with Crippen molar-refractivity contribution in [1.29, 1.82) is 0 Å². The molecule has 2 unspecified atom stereocenters. The topological polar surface area (TPSA) is 111 Å². The molecule has 44 heavy (non-hydrogen) atoms. The largest absolute Gasteiger partial charge is 0.494 e. The molecule has 3 aliphatic rings. The Bertz CT molecular complexity index is 1950. The van der Waals surface area contributed by atoms with Crippen LogP contribution in [-0.4, -0.2) is 60.8 Å². The van der Waals surface area contributed by atoms with Crippen LogP contribution in [0, 0.1) is 18.8 Å². The van der Waals surface area contributed by atoms with Crippen LogP contribution >= 0.6 is 0 Å². The summed E-state index contributed by atoms with van der Waals surface area (Å²) in [7, 11) is 3.66. The summed E-state index contributed by atoms with van der Waals surface area (Å²) in [6.07, 6.45) is 4.50. The summed E-state index contributed by atoms with van der Waals surface area (Å²) >= 11 is 0. The van der Waals surface area contributed by atoms with Gasteiger partial charge in [-0.15, -0.1) is 0 Å². The molecule has 0 radical (unpaired) electrons. The number of amides is 1. The van der Waals surface area contributed by atoms with Gasteiger partial charge in [-0.1, -0.05) is 12.1 Å². The fraction of sp³-hybridized carbons (Fsp3) is 0.400. The highest BCUT2D eigenvalue weighted by Gasteiger charge is 2.47. The van der Waals surface area contributed by atoms with Gasteiger partial charge in [0.1, 0.15) is 16.9 Å². The second-order valence-electron chi connectivity index (χ2n) is 13.0. The molecule has 9 nitrogen and oxygen atoms in total. The van der Waals surface area contributed by atoms with E-state index >= 15 is 0 Å². The number of hydrogen-bond acceptors (Lipinski definition) is 6. The summed E-state index contributed by atoms with van der Waals surface area (Å²) in [5.41, 5.74) is 14.4. The lowest BCUT2D eigenvalue weighted by molar-refractivity contribution is 0.0700. The third kappa shape index (κ3) is 4.24. The monoisotopic (exact) mass is 590 g/mol. The summed E-state index contributed by atoms with van der Waals surface area (Å²) in [6.45, 7) is 3.64. The van der Waals surface area contributed by atoms with E-state index in [9.17, 15) is 9.90 Å². The first kappa shape index (κ1) is 27.3. The standard InChI is InChI=1S/C35H38N6O3/c1-19-12-21(6-7-24(19)18-42)26-10-8-22-14-29(40(33(22)37-26)16-20-4-5-20)34-38-27-13-25(15-30(44-3)32(27)39(34)2)35(43)41-17-23-9-11-28(41)31(23)36/h6-8,10,12-15,20,23,28,31,42H,4-5,9,11,16-18,36H2,1-3H3/t23?,28?,31-/m1/s1. The maximum Gasteiger partial charge on any atom is 0.254 e. The average Bonchev–Trinajstić information content (AvgIpc) is 3.44. The van der Waals surface area contributed by atoms with E-state index in [0.717, 1.165) is 81.9 Å². The highest BCUT2D eigenvalue weighted by molar-refractivity contribution is 6.00. The number of ether oxygens (including phenoxy) is 1. The number of aromatic nitrogens is 4. The van der Waals surface area contributed by atoms with Crippen LogP contribution in [0.3, 0.4) is 0 Å². The van der Waals surface area contributed by atoms with Crippen LogP contribution in [0.25, 0.3) is 44.8 Å². The van der Waals surface area contributed by atoms with E-state index < -0.39 is 0 Å². The zero-order valence-electron chi connectivity index (χ0n) is 25.5. The molecule has 3 aromatic heterocycles. The number of nitrogens with two attached hydrogens (primary N) is 1. The molecule has 226 valence electrons. The summed E-state index contributed by atoms with van der Waals surface area (Å²) < 4.78 is 10.2. The van der Waals surface area contributed by atoms with Crippen molar-refractivity contribution in [1.82, 2.24) is 24.0 Å². The number of piperidine rings is 1. The number of methoxy groups -OCH3 is 1. The van der Waals surface area contributed by atoms with Crippen molar-refractivity contribution in [3.63, 3.8) is 0 Å². The van der Waals surface area contributed by atoms with Gasteiger partial charge in [0.25, 0.3) is 5.91 Å². The van der Waals surface area contributed by atoms with Crippen molar-refractivity contribution < 1.29 is 14.6 Å². The van der Waals surface area contributed by atoms with Crippen LogP contribution in [0.5, 0.6) is 5.75 Å². The zero-order valence-corrected chi connectivity index (χ0v) is 25.5. The summed E-state index contributed by atoms with van der Waals surface area (Å²) in [6, 6.07) is 16.4. The number of fused-ring (bicyclic) bond motifs is 4. The van der Waals surface area contributed by atoms with Gasteiger partial charge >= 0.3 is 0 Å². The maximum absolute atomic E-state index is 13.7. The van der Waals surface area contributed by atoms with Crippen molar-refractivity contribution in [3.05, 3.63) is 65.2 Å². The molecule has 1 aliphatic heterocycles. The molecular weight excluding hydrogens is 552 g/mol. The van der Waals surface area contributed by atoms with Gasteiger partial charge in [0.2, 0.25) is 0 Å². The van der Waals surface area contributed by atoms with E-state index in [1.807, 2.05) is 43.1 Å². The number of imidazole rings is 1. The van der Waals surface area contributed by atoms with E-state index in [-0.39, 0.29) is 24.6 Å². The number of carbonyl (C=O) groups is 1. The third-order valence-corrected chi connectivity index (χ3v) is 10.2. The molecule has 5 aromatic rings. The van der Waals surface area contributed by atoms with Gasteiger partial charge < -0.3 is 29.6 Å². The van der Waals surface area contributed by atoms with Crippen molar-refractivity contribution in [2.75, 3.05) is 13.7 Å². The predicted molar refractivity (Wildman–Crippen MR) is 170 cm³/mol. The zero-order chi connectivity index (χ0) is 30.3. The van der Waals surface area contributed by atoms with Gasteiger partial charge in [-0.3, -0.25) is 4.79 Å². The molecule has 1 saturated heterocycles. The van der Waals surface area contributed by atoms with E-state index in [1.165, 1.54) is 12.8 Å². The number of aliphatic hydroxyl groups excluding tert-OH is 1. The fourth-order valence-electron chi connectivity index (χ4n) is 7.52. The maximum atomic E-state index is 13.7. The van der Waals surface area contributed by atoms with Gasteiger partial charge in [0, 0.05) is 48.7 Å². The highest BCUT2D eigenvalue weighted by atomic mass is 16.5. The second-order valence-corrected chi connectivity index (χ2v) is 13.0. The van der Waals surface area contributed by atoms with Gasteiger partial charge in [0.15, 0.2) is 5.82 Å². The van der Waals surface area contributed by atoms with Crippen LogP contribution < -0.4 is 10.5 Å². The quantitative estimate of drug-likeness (QED) is 0.275. The van der Waals surface area contributed by atoms with Crippen LogP contribution in [-0.2, 0) is 20.2 Å². The Labute approximate surface area is 256 Å². The van der Waals surface area contributed by atoms with Crippen LogP contribution in [0.4, 0.5) is 0 Å². The molecule has 3 atom stereocenters. The Balaban J connectivity index is 1.23. The highest BCUT2D eigenvalue weighted by Crippen LogP contribution is 2.40. The molecule has 2 saturated carbocycles. The summed E-state index contributed by atoms with van der Waals surface area (Å²) in [5, 5.41) is 10.7.